The monoisotopic (exact) mass is 430 g/mol. The fourth-order valence-corrected chi connectivity index (χ4v) is 2.46. The van der Waals surface area contributed by atoms with Crippen LogP contribution in [0.4, 0.5) is 5.69 Å². The molecule has 0 aliphatic heterocycles. The Balaban J connectivity index is 1.75. The van der Waals surface area contributed by atoms with Crippen LogP contribution in [0, 0.1) is 10.1 Å². The molecule has 0 unspecified atom stereocenters. The highest BCUT2D eigenvalue weighted by Gasteiger charge is 2.19. The molecule has 0 aliphatic carbocycles. The van der Waals surface area contributed by atoms with Gasteiger partial charge in [-0.05, 0) is 36.4 Å². The molecule has 0 spiro atoms. The van der Waals surface area contributed by atoms with Crippen LogP contribution in [0.15, 0.2) is 59.6 Å². The van der Waals surface area contributed by atoms with Crippen LogP contribution in [0.5, 0.6) is 0 Å². The van der Waals surface area contributed by atoms with Crippen LogP contribution in [0.2, 0.25) is 0 Å². The normalized spacial score (nSPS) is 10.3. The molecule has 0 aliphatic rings. The van der Waals surface area contributed by atoms with Gasteiger partial charge in [-0.25, -0.2) is 9.67 Å². The van der Waals surface area contributed by atoms with E-state index in [1.165, 1.54) is 29.5 Å². The average molecular weight is 431 g/mol. The van der Waals surface area contributed by atoms with E-state index in [0.717, 1.165) is 10.5 Å². The van der Waals surface area contributed by atoms with Gasteiger partial charge in [-0.3, -0.25) is 30.6 Å². The Morgan fingerprint density at radius 3 is 2.26 bits per heavy atom. The molecule has 3 aromatic rings. The van der Waals surface area contributed by atoms with E-state index in [-0.39, 0.29) is 16.9 Å². The first-order chi connectivity index (χ1) is 13.0. The van der Waals surface area contributed by atoms with E-state index < -0.39 is 16.7 Å². The van der Waals surface area contributed by atoms with Crippen molar-refractivity contribution in [2.24, 2.45) is 0 Å². The lowest BCUT2D eigenvalue weighted by Gasteiger charge is -2.09. The highest BCUT2D eigenvalue weighted by atomic mass is 79.9. The summed E-state index contributed by atoms with van der Waals surface area (Å²) in [4.78, 5) is 38.6. The van der Waals surface area contributed by atoms with Gasteiger partial charge in [-0.2, -0.15) is 5.10 Å². The summed E-state index contributed by atoms with van der Waals surface area (Å²) < 4.78 is 2.03. The summed E-state index contributed by atoms with van der Waals surface area (Å²) in [5.74, 6) is -1.22. The predicted molar refractivity (Wildman–Crippen MR) is 97.1 cm³/mol. The molecule has 0 fully saturated rings. The van der Waals surface area contributed by atoms with Gasteiger partial charge in [0.2, 0.25) is 0 Å². The van der Waals surface area contributed by atoms with E-state index in [4.69, 9.17) is 0 Å². The van der Waals surface area contributed by atoms with Gasteiger partial charge < -0.3 is 0 Å². The second-order valence-corrected chi connectivity index (χ2v) is 6.13. The van der Waals surface area contributed by atoms with Crippen molar-refractivity contribution in [3.8, 4) is 5.69 Å². The molecule has 27 heavy (non-hydrogen) atoms. The summed E-state index contributed by atoms with van der Waals surface area (Å²) in [6.07, 6.45) is 2.54. The summed E-state index contributed by atoms with van der Waals surface area (Å²) in [6.45, 7) is 0. The van der Waals surface area contributed by atoms with Crippen molar-refractivity contribution in [3.05, 3.63) is 80.8 Å². The minimum atomic E-state index is -0.700. The lowest BCUT2D eigenvalue weighted by molar-refractivity contribution is -0.384. The maximum absolute atomic E-state index is 12.2. The summed E-state index contributed by atoms with van der Waals surface area (Å²) in [5.41, 5.74) is 4.66. The van der Waals surface area contributed by atoms with Gasteiger partial charge in [0.1, 0.15) is 18.3 Å². The molecule has 3 rings (SSSR count). The van der Waals surface area contributed by atoms with Crippen molar-refractivity contribution in [2.75, 3.05) is 0 Å². The molecule has 0 saturated carbocycles. The number of hydrogen-bond donors (Lipinski definition) is 2. The highest BCUT2D eigenvalue weighted by Crippen LogP contribution is 2.23. The third-order valence-corrected chi connectivity index (χ3v) is 4.02. The number of aromatic nitrogens is 3. The van der Waals surface area contributed by atoms with Gasteiger partial charge in [0.25, 0.3) is 17.5 Å². The summed E-state index contributed by atoms with van der Waals surface area (Å²) >= 11 is 3.26. The standard InChI is InChI=1S/C16H11BrN6O4/c17-12-4-1-10(2-5-12)15(24)20-21-16(25)11-3-6-13(14(7-11)23(26)27)22-9-18-8-19-22/h1-9H,(H,20,24)(H,21,25). The third-order valence-electron chi connectivity index (χ3n) is 3.50. The van der Waals surface area contributed by atoms with Crippen LogP contribution >= 0.6 is 15.9 Å². The van der Waals surface area contributed by atoms with Crippen LogP contribution in [0.1, 0.15) is 20.7 Å². The number of benzene rings is 2. The van der Waals surface area contributed by atoms with Gasteiger partial charge >= 0.3 is 0 Å². The summed E-state index contributed by atoms with van der Waals surface area (Å²) in [6, 6.07) is 10.4. The number of halogens is 1. The summed E-state index contributed by atoms with van der Waals surface area (Å²) in [7, 11) is 0. The van der Waals surface area contributed by atoms with E-state index in [2.05, 4.69) is 36.9 Å². The maximum Gasteiger partial charge on any atom is 0.295 e. The van der Waals surface area contributed by atoms with Crippen molar-refractivity contribution in [1.82, 2.24) is 25.6 Å². The van der Waals surface area contributed by atoms with Gasteiger partial charge in [0, 0.05) is 21.7 Å². The molecule has 1 aromatic heterocycles. The van der Waals surface area contributed by atoms with Crippen molar-refractivity contribution >= 4 is 33.4 Å². The topological polar surface area (TPSA) is 132 Å². The number of amides is 2. The molecule has 0 radical (unpaired) electrons. The Hall–Kier alpha value is -3.60. The average Bonchev–Trinajstić information content (AvgIpc) is 3.20. The van der Waals surface area contributed by atoms with E-state index in [9.17, 15) is 19.7 Å². The molecule has 0 saturated heterocycles. The van der Waals surface area contributed by atoms with Gasteiger partial charge in [0.05, 0.1) is 4.92 Å². The van der Waals surface area contributed by atoms with Crippen molar-refractivity contribution < 1.29 is 14.5 Å². The Morgan fingerprint density at radius 1 is 1.04 bits per heavy atom. The first-order valence-electron chi connectivity index (χ1n) is 7.45. The lowest BCUT2D eigenvalue weighted by atomic mass is 10.1. The smallest absolute Gasteiger partial charge is 0.267 e. The second-order valence-electron chi connectivity index (χ2n) is 5.22. The zero-order valence-corrected chi connectivity index (χ0v) is 15.1. The molecule has 2 aromatic carbocycles. The predicted octanol–water partition coefficient (Wildman–Crippen LogP) is 2.01. The molecular formula is C16H11BrN6O4. The number of hydrogen-bond acceptors (Lipinski definition) is 6. The van der Waals surface area contributed by atoms with Gasteiger partial charge in [-0.1, -0.05) is 15.9 Å². The minimum absolute atomic E-state index is 0.00155. The van der Waals surface area contributed by atoms with Gasteiger partial charge in [0.15, 0.2) is 0 Å². The summed E-state index contributed by atoms with van der Waals surface area (Å²) in [5, 5.41) is 15.2. The minimum Gasteiger partial charge on any atom is -0.267 e. The molecule has 10 nitrogen and oxygen atoms in total. The van der Waals surface area contributed by atoms with E-state index >= 15 is 0 Å². The first-order valence-corrected chi connectivity index (χ1v) is 8.24. The Labute approximate surface area is 160 Å². The largest absolute Gasteiger partial charge is 0.295 e. The lowest BCUT2D eigenvalue weighted by Crippen LogP contribution is -2.41. The molecule has 0 atom stereocenters. The van der Waals surface area contributed by atoms with Crippen LogP contribution in [-0.2, 0) is 0 Å². The SMILES string of the molecule is O=C(NNC(=O)c1ccc(-n2cncn2)c([N+](=O)[O-])c1)c1ccc(Br)cc1. The van der Waals surface area contributed by atoms with Gasteiger partial charge in [-0.15, -0.1) is 0 Å². The molecular weight excluding hydrogens is 420 g/mol. The van der Waals surface area contributed by atoms with Crippen molar-refractivity contribution in [3.63, 3.8) is 0 Å². The van der Waals surface area contributed by atoms with E-state index in [1.54, 1.807) is 24.3 Å². The number of nitrogens with one attached hydrogen (secondary N) is 2. The van der Waals surface area contributed by atoms with Crippen molar-refractivity contribution in [2.45, 2.75) is 0 Å². The number of rotatable bonds is 4. The molecule has 136 valence electrons. The molecule has 0 bridgehead atoms. The Kier molecular flexibility index (Phi) is 5.22. The molecule has 2 N–H and O–H groups in total. The number of nitro groups is 1. The van der Waals surface area contributed by atoms with Crippen molar-refractivity contribution in [1.29, 1.82) is 0 Å². The van der Waals surface area contributed by atoms with Crippen LogP contribution in [0.25, 0.3) is 5.69 Å². The Morgan fingerprint density at radius 2 is 1.67 bits per heavy atom. The fourth-order valence-electron chi connectivity index (χ4n) is 2.20. The maximum atomic E-state index is 12.2. The zero-order chi connectivity index (χ0) is 19.4. The second kappa shape index (κ2) is 7.74. The fraction of sp³-hybridized carbons (Fsp3) is 0. The number of carbonyl (C=O) groups is 2. The van der Waals surface area contributed by atoms with E-state index in [1.807, 2.05) is 0 Å². The molecule has 11 heteroatoms. The zero-order valence-electron chi connectivity index (χ0n) is 13.5. The third kappa shape index (κ3) is 4.15. The van der Waals surface area contributed by atoms with E-state index in [0.29, 0.717) is 5.56 Å². The van der Waals surface area contributed by atoms with Crippen LogP contribution in [0.3, 0.4) is 0 Å². The van der Waals surface area contributed by atoms with Crippen LogP contribution in [-0.4, -0.2) is 31.5 Å². The number of nitro benzene ring substituents is 1. The van der Waals surface area contributed by atoms with Crippen LogP contribution < -0.4 is 10.9 Å². The number of carbonyl (C=O) groups excluding carboxylic acids is 2. The highest BCUT2D eigenvalue weighted by molar-refractivity contribution is 9.10. The number of hydrazine groups is 1. The Bertz CT molecular complexity index is 1000. The first kappa shape index (κ1) is 18.2. The number of nitrogens with zero attached hydrogens (tertiary/aromatic N) is 4. The quantitative estimate of drug-likeness (QED) is 0.480. The molecule has 1 heterocycles. The molecule has 2 amide bonds.